The number of likely N-dealkylation sites (tertiary alicyclic amines) is 1. The molecular formula is C20H28N2O2. The fourth-order valence-electron chi connectivity index (χ4n) is 3.53. The molecule has 2 fully saturated rings. The van der Waals surface area contributed by atoms with Gasteiger partial charge in [0.1, 0.15) is 0 Å². The molecule has 3 rings (SSSR count). The van der Waals surface area contributed by atoms with E-state index >= 15 is 0 Å². The number of amides is 2. The summed E-state index contributed by atoms with van der Waals surface area (Å²) in [5.41, 5.74) is 2.45. The third kappa shape index (κ3) is 3.80. The van der Waals surface area contributed by atoms with Crippen LogP contribution in [0.2, 0.25) is 0 Å². The largest absolute Gasteiger partial charge is 0.342 e. The van der Waals surface area contributed by atoms with Crippen LogP contribution in [-0.2, 0) is 16.1 Å². The van der Waals surface area contributed by atoms with Gasteiger partial charge in [0.15, 0.2) is 0 Å². The van der Waals surface area contributed by atoms with Crippen LogP contribution >= 0.6 is 0 Å². The molecule has 0 bridgehead atoms. The number of aryl methyl sites for hydroxylation is 1. The molecule has 0 radical (unpaired) electrons. The maximum Gasteiger partial charge on any atom is 0.226 e. The highest BCUT2D eigenvalue weighted by Gasteiger charge is 2.36. The molecule has 1 aromatic carbocycles. The highest BCUT2D eigenvalue weighted by Crippen LogP contribution is 2.32. The Hall–Kier alpha value is -1.84. The molecule has 1 aliphatic carbocycles. The number of carbonyl (C=O) groups excluding carboxylic acids is 2. The van der Waals surface area contributed by atoms with Crippen molar-refractivity contribution >= 4 is 11.8 Å². The zero-order valence-corrected chi connectivity index (χ0v) is 14.8. The predicted octanol–water partition coefficient (Wildman–Crippen LogP) is 2.99. The van der Waals surface area contributed by atoms with Crippen molar-refractivity contribution < 1.29 is 9.59 Å². The summed E-state index contributed by atoms with van der Waals surface area (Å²) in [6.07, 6.45) is 3.72. The maximum absolute atomic E-state index is 12.9. The molecule has 0 spiro atoms. The predicted molar refractivity (Wildman–Crippen MR) is 94.3 cm³/mol. The third-order valence-electron chi connectivity index (χ3n) is 5.40. The second-order valence-corrected chi connectivity index (χ2v) is 7.15. The highest BCUT2D eigenvalue weighted by atomic mass is 16.2. The molecule has 1 saturated carbocycles. The Morgan fingerprint density at radius 3 is 2.33 bits per heavy atom. The van der Waals surface area contributed by atoms with Crippen LogP contribution in [0.1, 0.15) is 43.7 Å². The minimum atomic E-state index is 0.0669. The second kappa shape index (κ2) is 7.37. The van der Waals surface area contributed by atoms with Gasteiger partial charge in [0, 0.05) is 38.0 Å². The van der Waals surface area contributed by atoms with E-state index < -0.39 is 0 Å². The monoisotopic (exact) mass is 328 g/mol. The van der Waals surface area contributed by atoms with Gasteiger partial charge in [0.25, 0.3) is 0 Å². The van der Waals surface area contributed by atoms with Crippen molar-refractivity contribution in [3.63, 3.8) is 0 Å². The van der Waals surface area contributed by atoms with Gasteiger partial charge in [0.05, 0.1) is 0 Å². The van der Waals surface area contributed by atoms with Crippen LogP contribution in [0.5, 0.6) is 0 Å². The van der Waals surface area contributed by atoms with Gasteiger partial charge in [-0.3, -0.25) is 9.59 Å². The first-order valence-corrected chi connectivity index (χ1v) is 9.22. The third-order valence-corrected chi connectivity index (χ3v) is 5.40. The first kappa shape index (κ1) is 17.0. The Morgan fingerprint density at radius 2 is 1.75 bits per heavy atom. The summed E-state index contributed by atoms with van der Waals surface area (Å²) in [5, 5.41) is 0. The van der Waals surface area contributed by atoms with Crippen LogP contribution in [0.15, 0.2) is 24.3 Å². The van der Waals surface area contributed by atoms with E-state index in [2.05, 4.69) is 19.1 Å². The van der Waals surface area contributed by atoms with E-state index in [0.717, 1.165) is 45.3 Å². The van der Waals surface area contributed by atoms with Gasteiger partial charge in [-0.1, -0.05) is 24.3 Å². The highest BCUT2D eigenvalue weighted by molar-refractivity contribution is 5.82. The molecule has 2 aliphatic rings. The molecule has 24 heavy (non-hydrogen) atoms. The lowest BCUT2D eigenvalue weighted by Gasteiger charge is -2.34. The Bertz CT molecular complexity index is 601. The summed E-state index contributed by atoms with van der Waals surface area (Å²) in [5.74, 6) is 0.912. The summed E-state index contributed by atoms with van der Waals surface area (Å²) >= 11 is 0. The topological polar surface area (TPSA) is 40.6 Å². The van der Waals surface area contributed by atoms with Crippen LogP contribution in [0, 0.1) is 18.8 Å². The SMILES string of the molecule is CCN(Cc1ccccc1C)C(=O)C1CCN(C(=O)C2CC2)CC1. The zero-order valence-electron chi connectivity index (χ0n) is 14.8. The van der Waals surface area contributed by atoms with Crippen LogP contribution in [0.3, 0.4) is 0 Å². The van der Waals surface area contributed by atoms with Crippen molar-refractivity contribution in [2.75, 3.05) is 19.6 Å². The Balaban J connectivity index is 1.56. The van der Waals surface area contributed by atoms with Crippen LogP contribution in [0.25, 0.3) is 0 Å². The minimum Gasteiger partial charge on any atom is -0.342 e. The summed E-state index contributed by atoms with van der Waals surface area (Å²) < 4.78 is 0. The second-order valence-electron chi connectivity index (χ2n) is 7.15. The molecule has 130 valence electrons. The van der Waals surface area contributed by atoms with E-state index in [1.54, 1.807) is 0 Å². The number of nitrogens with zero attached hydrogens (tertiary/aromatic N) is 2. The van der Waals surface area contributed by atoms with E-state index in [-0.39, 0.29) is 17.7 Å². The van der Waals surface area contributed by atoms with Gasteiger partial charge in [-0.05, 0) is 50.7 Å². The van der Waals surface area contributed by atoms with Gasteiger partial charge >= 0.3 is 0 Å². The number of hydrogen-bond acceptors (Lipinski definition) is 2. The smallest absolute Gasteiger partial charge is 0.226 e. The van der Waals surface area contributed by atoms with E-state index in [1.807, 2.05) is 28.9 Å². The molecule has 0 N–H and O–H groups in total. The molecular weight excluding hydrogens is 300 g/mol. The average Bonchev–Trinajstić information content (AvgIpc) is 3.45. The first-order valence-electron chi connectivity index (χ1n) is 9.22. The van der Waals surface area contributed by atoms with Gasteiger partial charge in [0.2, 0.25) is 11.8 Å². The minimum absolute atomic E-state index is 0.0669. The van der Waals surface area contributed by atoms with Crippen molar-refractivity contribution in [3.05, 3.63) is 35.4 Å². The van der Waals surface area contributed by atoms with Crippen LogP contribution in [-0.4, -0.2) is 41.2 Å². The number of hydrogen-bond donors (Lipinski definition) is 0. The van der Waals surface area contributed by atoms with Crippen molar-refractivity contribution in [2.45, 2.75) is 46.1 Å². The zero-order chi connectivity index (χ0) is 17.1. The standard InChI is InChI=1S/C20H28N2O2/c1-3-21(14-18-7-5-4-6-15(18)2)19(23)17-10-12-22(13-11-17)20(24)16-8-9-16/h4-7,16-17H,3,8-14H2,1-2H3. The van der Waals surface area contributed by atoms with Gasteiger partial charge in [-0.2, -0.15) is 0 Å². The lowest BCUT2D eigenvalue weighted by molar-refractivity contribution is -0.141. The van der Waals surface area contributed by atoms with Gasteiger partial charge < -0.3 is 9.80 Å². The molecule has 0 atom stereocenters. The quantitative estimate of drug-likeness (QED) is 0.834. The number of piperidine rings is 1. The number of rotatable bonds is 5. The molecule has 0 aromatic heterocycles. The molecule has 1 heterocycles. The van der Waals surface area contributed by atoms with Crippen molar-refractivity contribution in [1.82, 2.24) is 9.80 Å². The van der Waals surface area contributed by atoms with E-state index in [4.69, 9.17) is 0 Å². The fraction of sp³-hybridized carbons (Fsp3) is 0.600. The maximum atomic E-state index is 12.9. The molecule has 4 nitrogen and oxygen atoms in total. The number of carbonyl (C=O) groups is 2. The Kier molecular flexibility index (Phi) is 5.22. The average molecular weight is 328 g/mol. The molecule has 1 aromatic rings. The summed E-state index contributed by atoms with van der Waals surface area (Å²) in [6, 6.07) is 8.25. The van der Waals surface area contributed by atoms with Gasteiger partial charge in [-0.15, -0.1) is 0 Å². The van der Waals surface area contributed by atoms with Crippen molar-refractivity contribution in [2.24, 2.45) is 11.8 Å². The Labute approximate surface area is 144 Å². The van der Waals surface area contributed by atoms with Crippen molar-refractivity contribution in [3.8, 4) is 0 Å². The molecule has 1 aliphatic heterocycles. The van der Waals surface area contributed by atoms with Crippen molar-refractivity contribution in [1.29, 1.82) is 0 Å². The lowest BCUT2D eigenvalue weighted by atomic mass is 9.94. The van der Waals surface area contributed by atoms with Crippen LogP contribution in [0.4, 0.5) is 0 Å². The van der Waals surface area contributed by atoms with E-state index in [1.165, 1.54) is 11.1 Å². The first-order chi connectivity index (χ1) is 11.6. The summed E-state index contributed by atoms with van der Waals surface area (Å²) in [6.45, 7) is 7.04. The summed E-state index contributed by atoms with van der Waals surface area (Å²) in [4.78, 5) is 29.0. The Morgan fingerprint density at radius 1 is 1.08 bits per heavy atom. The fourth-order valence-corrected chi connectivity index (χ4v) is 3.53. The molecule has 2 amide bonds. The molecule has 0 unspecified atom stereocenters. The number of benzene rings is 1. The molecule has 1 saturated heterocycles. The van der Waals surface area contributed by atoms with E-state index in [0.29, 0.717) is 12.5 Å². The normalized spacial score (nSPS) is 18.5. The van der Waals surface area contributed by atoms with Gasteiger partial charge in [-0.25, -0.2) is 0 Å². The van der Waals surface area contributed by atoms with Crippen LogP contribution < -0.4 is 0 Å². The van der Waals surface area contributed by atoms with E-state index in [9.17, 15) is 9.59 Å². The molecule has 4 heteroatoms. The summed E-state index contributed by atoms with van der Waals surface area (Å²) in [7, 11) is 0. The lowest BCUT2D eigenvalue weighted by Crippen LogP contribution is -2.44.